The average Bonchev–Trinajstić information content (AvgIpc) is 3.37. The molecular weight excluding hydrogens is 304 g/mol. The first-order valence-corrected chi connectivity index (χ1v) is 9.35. The normalized spacial score (nSPS) is 29.0. The van der Waals surface area contributed by atoms with Crippen LogP contribution in [0.4, 0.5) is 0 Å². The molecule has 1 saturated carbocycles. The van der Waals surface area contributed by atoms with Crippen molar-refractivity contribution in [3.8, 4) is 0 Å². The van der Waals surface area contributed by atoms with Crippen LogP contribution in [-0.2, 0) is 16.6 Å². The van der Waals surface area contributed by atoms with Crippen LogP contribution < -0.4 is 0 Å². The van der Waals surface area contributed by atoms with Gasteiger partial charge in [-0.15, -0.1) is 0 Å². The molecule has 0 radical (unpaired) electrons. The number of ether oxygens (including phenoxy) is 1. The van der Waals surface area contributed by atoms with E-state index in [1.165, 1.54) is 19.3 Å². The lowest BCUT2D eigenvalue weighted by molar-refractivity contribution is -0.150. The van der Waals surface area contributed by atoms with Crippen molar-refractivity contribution in [1.82, 2.24) is 19.6 Å². The van der Waals surface area contributed by atoms with Gasteiger partial charge >= 0.3 is 0 Å². The molecule has 1 aliphatic carbocycles. The molecule has 2 saturated heterocycles. The predicted molar refractivity (Wildman–Crippen MR) is 90.4 cm³/mol. The van der Waals surface area contributed by atoms with Gasteiger partial charge in [0.15, 0.2) is 0 Å². The molecule has 6 heteroatoms. The number of nitrogens with zero attached hydrogens (tertiary/aromatic N) is 4. The van der Waals surface area contributed by atoms with E-state index >= 15 is 0 Å². The molecule has 0 aromatic carbocycles. The van der Waals surface area contributed by atoms with E-state index in [0.29, 0.717) is 19.1 Å². The quantitative estimate of drug-likeness (QED) is 0.840. The van der Waals surface area contributed by atoms with E-state index in [2.05, 4.69) is 14.9 Å². The van der Waals surface area contributed by atoms with E-state index < -0.39 is 0 Å². The molecule has 132 valence electrons. The second kappa shape index (κ2) is 6.84. The van der Waals surface area contributed by atoms with Gasteiger partial charge in [-0.1, -0.05) is 6.42 Å². The number of carbonyl (C=O) groups is 1. The highest BCUT2D eigenvalue weighted by molar-refractivity contribution is 5.81. The van der Waals surface area contributed by atoms with Crippen molar-refractivity contribution >= 4 is 5.91 Å². The summed E-state index contributed by atoms with van der Waals surface area (Å²) in [6, 6.07) is 0.00229. The lowest BCUT2D eigenvalue weighted by Crippen LogP contribution is -2.52. The molecule has 24 heavy (non-hydrogen) atoms. The van der Waals surface area contributed by atoms with E-state index in [1.54, 1.807) is 0 Å². The third-order valence-corrected chi connectivity index (χ3v) is 5.51. The first-order valence-electron chi connectivity index (χ1n) is 9.35. The summed E-state index contributed by atoms with van der Waals surface area (Å²) in [6.07, 6.45) is 9.96. The smallest absolute Gasteiger partial charge is 0.226 e. The highest BCUT2D eigenvalue weighted by Crippen LogP contribution is 2.37. The first kappa shape index (κ1) is 16.1. The number of rotatable bonds is 4. The summed E-state index contributed by atoms with van der Waals surface area (Å²) in [5.74, 6) is 0.564. The van der Waals surface area contributed by atoms with Gasteiger partial charge in [-0.3, -0.25) is 9.48 Å². The largest absolute Gasteiger partial charge is 0.373 e. The molecule has 1 aromatic rings. The summed E-state index contributed by atoms with van der Waals surface area (Å²) in [5.41, 5.74) is 1.10. The molecule has 3 heterocycles. The van der Waals surface area contributed by atoms with Gasteiger partial charge in [0.2, 0.25) is 5.91 Å². The third-order valence-electron chi connectivity index (χ3n) is 5.51. The maximum atomic E-state index is 12.8. The van der Waals surface area contributed by atoms with Crippen LogP contribution in [0.1, 0.15) is 43.7 Å². The Morgan fingerprint density at radius 3 is 2.71 bits per heavy atom. The van der Waals surface area contributed by atoms with Gasteiger partial charge in [0.05, 0.1) is 24.9 Å². The van der Waals surface area contributed by atoms with E-state index in [4.69, 9.17) is 4.74 Å². The van der Waals surface area contributed by atoms with Crippen LogP contribution in [0.2, 0.25) is 0 Å². The van der Waals surface area contributed by atoms with Crippen LogP contribution in [0.5, 0.6) is 0 Å². The SMILES string of the molecule is Cn1cc([C@H]2[C@H](CN3CCCCC3)OCCN2C(=O)C2CC2)cn1. The molecule has 0 spiro atoms. The molecule has 6 nitrogen and oxygen atoms in total. The van der Waals surface area contributed by atoms with Crippen LogP contribution in [0.3, 0.4) is 0 Å². The summed E-state index contributed by atoms with van der Waals surface area (Å²) < 4.78 is 7.99. The number of morpholine rings is 1. The van der Waals surface area contributed by atoms with Crippen LogP contribution in [-0.4, -0.2) is 64.4 Å². The summed E-state index contributed by atoms with van der Waals surface area (Å²) in [5, 5.41) is 4.34. The fraction of sp³-hybridized carbons (Fsp3) is 0.778. The van der Waals surface area contributed by atoms with Crippen molar-refractivity contribution in [2.45, 2.75) is 44.2 Å². The van der Waals surface area contributed by atoms with Crippen LogP contribution in [0.25, 0.3) is 0 Å². The number of amides is 1. The van der Waals surface area contributed by atoms with Gasteiger partial charge in [-0.25, -0.2) is 0 Å². The minimum Gasteiger partial charge on any atom is -0.373 e. The Kier molecular flexibility index (Phi) is 4.59. The number of piperidine rings is 1. The van der Waals surface area contributed by atoms with E-state index in [-0.39, 0.29) is 18.1 Å². The first-order chi connectivity index (χ1) is 11.7. The standard InChI is InChI=1S/C18H28N4O2/c1-20-12-15(11-19-20)17-16(13-21-7-3-2-4-8-21)24-10-9-22(17)18(23)14-5-6-14/h11-12,14,16-17H,2-10,13H2,1H3/t16-,17-/m0/s1. The van der Waals surface area contributed by atoms with Crippen molar-refractivity contribution in [2.24, 2.45) is 13.0 Å². The summed E-state index contributed by atoms with van der Waals surface area (Å²) >= 11 is 0. The van der Waals surface area contributed by atoms with Crippen molar-refractivity contribution in [1.29, 1.82) is 0 Å². The molecular formula is C18H28N4O2. The molecule has 2 aliphatic heterocycles. The molecule has 0 bridgehead atoms. The minimum atomic E-state index is 0.00229. The molecule has 1 amide bonds. The number of aryl methyl sites for hydroxylation is 1. The maximum Gasteiger partial charge on any atom is 0.226 e. The maximum absolute atomic E-state index is 12.8. The molecule has 0 N–H and O–H groups in total. The Morgan fingerprint density at radius 2 is 2.04 bits per heavy atom. The Labute approximate surface area is 143 Å². The van der Waals surface area contributed by atoms with Crippen molar-refractivity contribution in [3.05, 3.63) is 18.0 Å². The highest BCUT2D eigenvalue weighted by Gasteiger charge is 2.42. The van der Waals surface area contributed by atoms with Gasteiger partial charge in [0.1, 0.15) is 0 Å². The summed E-state index contributed by atoms with van der Waals surface area (Å²) in [6.45, 7) is 4.56. The molecule has 0 unspecified atom stereocenters. The Bertz CT molecular complexity index is 577. The number of carbonyl (C=O) groups excluding carboxylic acids is 1. The van der Waals surface area contributed by atoms with Gasteiger partial charge in [-0.05, 0) is 38.8 Å². The topological polar surface area (TPSA) is 50.6 Å². The van der Waals surface area contributed by atoms with Gasteiger partial charge in [0, 0.05) is 37.8 Å². The lowest BCUT2D eigenvalue weighted by atomic mass is 9.98. The van der Waals surface area contributed by atoms with Crippen molar-refractivity contribution in [2.75, 3.05) is 32.8 Å². The fourth-order valence-corrected chi connectivity index (χ4v) is 4.08. The highest BCUT2D eigenvalue weighted by atomic mass is 16.5. The van der Waals surface area contributed by atoms with E-state index in [1.807, 2.05) is 24.1 Å². The van der Waals surface area contributed by atoms with Crippen molar-refractivity contribution in [3.63, 3.8) is 0 Å². The van der Waals surface area contributed by atoms with Gasteiger partial charge in [0.25, 0.3) is 0 Å². The minimum absolute atomic E-state index is 0.00229. The summed E-state index contributed by atoms with van der Waals surface area (Å²) in [4.78, 5) is 17.4. The zero-order valence-corrected chi connectivity index (χ0v) is 14.6. The Balaban J connectivity index is 1.56. The summed E-state index contributed by atoms with van der Waals surface area (Å²) in [7, 11) is 1.93. The lowest BCUT2D eigenvalue weighted by Gasteiger charge is -2.43. The number of likely N-dealkylation sites (tertiary alicyclic amines) is 1. The molecule has 1 aromatic heterocycles. The van der Waals surface area contributed by atoms with E-state index in [0.717, 1.165) is 38.0 Å². The van der Waals surface area contributed by atoms with Gasteiger partial charge < -0.3 is 14.5 Å². The third kappa shape index (κ3) is 3.35. The zero-order valence-electron chi connectivity index (χ0n) is 14.6. The monoisotopic (exact) mass is 332 g/mol. The number of hydrogen-bond acceptors (Lipinski definition) is 4. The zero-order chi connectivity index (χ0) is 16.5. The molecule has 3 fully saturated rings. The number of aromatic nitrogens is 2. The Morgan fingerprint density at radius 1 is 1.25 bits per heavy atom. The number of hydrogen-bond donors (Lipinski definition) is 0. The second-order valence-electron chi connectivity index (χ2n) is 7.47. The Hall–Kier alpha value is -1.40. The predicted octanol–water partition coefficient (Wildman–Crippen LogP) is 1.58. The molecule has 3 aliphatic rings. The van der Waals surface area contributed by atoms with Crippen LogP contribution >= 0.6 is 0 Å². The molecule has 4 rings (SSSR count). The van der Waals surface area contributed by atoms with E-state index in [9.17, 15) is 4.79 Å². The van der Waals surface area contributed by atoms with Crippen LogP contribution in [0.15, 0.2) is 12.4 Å². The average molecular weight is 332 g/mol. The molecule has 2 atom stereocenters. The van der Waals surface area contributed by atoms with Crippen molar-refractivity contribution < 1.29 is 9.53 Å². The fourth-order valence-electron chi connectivity index (χ4n) is 4.08. The van der Waals surface area contributed by atoms with Gasteiger partial charge in [-0.2, -0.15) is 5.10 Å². The second-order valence-corrected chi connectivity index (χ2v) is 7.47. The van der Waals surface area contributed by atoms with Crippen LogP contribution in [0, 0.1) is 5.92 Å².